The van der Waals surface area contributed by atoms with Gasteiger partial charge in [-0.1, -0.05) is 97.1 Å². The lowest BCUT2D eigenvalue weighted by Gasteiger charge is -2.11. The Morgan fingerprint density at radius 2 is 1.28 bits per heavy atom. The van der Waals surface area contributed by atoms with Gasteiger partial charge in [0.2, 0.25) is 0 Å². The van der Waals surface area contributed by atoms with Crippen LogP contribution in [-0.2, 0) is 0 Å². The van der Waals surface area contributed by atoms with Crippen molar-refractivity contribution < 1.29 is 4.39 Å². The molecule has 0 saturated carbocycles. The summed E-state index contributed by atoms with van der Waals surface area (Å²) in [5, 5.41) is 0. The van der Waals surface area contributed by atoms with Crippen LogP contribution in [0.25, 0.3) is 12.2 Å². The molecule has 3 aromatic rings. The van der Waals surface area contributed by atoms with E-state index >= 15 is 0 Å². The lowest BCUT2D eigenvalue weighted by molar-refractivity contribution is 0.628. The number of allylic oxidation sites excluding steroid dienone is 2. The molecule has 0 spiro atoms. The fourth-order valence-electron chi connectivity index (χ4n) is 2.74. The lowest BCUT2D eigenvalue weighted by atomic mass is 9.94. The van der Waals surface area contributed by atoms with Crippen LogP contribution in [0.4, 0.5) is 4.39 Å². The summed E-state index contributed by atoms with van der Waals surface area (Å²) in [5.41, 5.74) is 3.50. The highest BCUT2D eigenvalue weighted by Crippen LogP contribution is 2.23. The molecule has 1 heteroatoms. The number of halogens is 1. The average Bonchev–Trinajstić information content (AvgIpc) is 2.67. The Hall–Kier alpha value is -2.93. The molecule has 0 fully saturated rings. The lowest BCUT2D eigenvalue weighted by Crippen LogP contribution is -1.93. The Bertz CT molecular complexity index is 815. The van der Waals surface area contributed by atoms with Crippen molar-refractivity contribution in [1.82, 2.24) is 0 Å². The van der Waals surface area contributed by atoms with Crippen LogP contribution in [0, 0.1) is 5.82 Å². The first kappa shape index (κ1) is 16.9. The molecule has 0 amide bonds. The number of hydrogen-bond acceptors (Lipinski definition) is 0. The molecular formula is C24H21F. The van der Waals surface area contributed by atoms with Crippen molar-refractivity contribution in [3.63, 3.8) is 0 Å². The van der Waals surface area contributed by atoms with E-state index in [2.05, 4.69) is 54.6 Å². The van der Waals surface area contributed by atoms with Gasteiger partial charge < -0.3 is 0 Å². The van der Waals surface area contributed by atoms with Crippen LogP contribution in [0.2, 0.25) is 0 Å². The first-order chi connectivity index (χ1) is 12.3. The van der Waals surface area contributed by atoms with E-state index in [9.17, 15) is 4.39 Å². The first-order valence-electron chi connectivity index (χ1n) is 8.51. The van der Waals surface area contributed by atoms with Gasteiger partial charge in [-0.3, -0.25) is 0 Å². The van der Waals surface area contributed by atoms with E-state index < -0.39 is 0 Å². The van der Waals surface area contributed by atoms with Crippen LogP contribution in [0.15, 0.2) is 97.1 Å². The van der Waals surface area contributed by atoms with Gasteiger partial charge in [-0.15, -0.1) is 0 Å². The van der Waals surface area contributed by atoms with Crippen LogP contribution in [0.1, 0.15) is 29.0 Å². The second-order valence-corrected chi connectivity index (χ2v) is 5.98. The molecule has 0 radical (unpaired) electrons. The molecule has 124 valence electrons. The summed E-state index contributed by atoms with van der Waals surface area (Å²) < 4.78 is 13.0. The molecule has 0 aliphatic heterocycles. The minimum atomic E-state index is -0.204. The van der Waals surface area contributed by atoms with Gasteiger partial charge in [-0.25, -0.2) is 4.39 Å². The van der Waals surface area contributed by atoms with Crippen LogP contribution in [0.3, 0.4) is 0 Å². The number of rotatable bonds is 6. The zero-order valence-electron chi connectivity index (χ0n) is 14.1. The predicted octanol–water partition coefficient (Wildman–Crippen LogP) is 6.73. The van der Waals surface area contributed by atoms with E-state index in [0.29, 0.717) is 5.92 Å². The van der Waals surface area contributed by atoms with E-state index in [1.165, 1.54) is 23.3 Å². The molecule has 0 nitrogen and oxygen atoms in total. The Balaban J connectivity index is 1.74. The number of hydrogen-bond donors (Lipinski definition) is 0. The minimum absolute atomic E-state index is 0.204. The Kier molecular flexibility index (Phi) is 5.95. The highest BCUT2D eigenvalue weighted by Gasteiger charge is 2.05. The molecule has 1 unspecified atom stereocenters. The Labute approximate surface area is 149 Å². The van der Waals surface area contributed by atoms with Gasteiger partial charge in [0.25, 0.3) is 0 Å². The normalized spacial score (nSPS) is 12.7. The standard InChI is InChI=1S/C24H21F/c25-24-18-15-21(16-19-24)10-7-13-23(22-11-5-2-6-12-22)17-14-20-8-3-1-4-9-20/h1-12,14-19,23H,13H2/b10-7+,17-14+. The summed E-state index contributed by atoms with van der Waals surface area (Å²) >= 11 is 0. The van der Waals surface area contributed by atoms with Gasteiger partial charge >= 0.3 is 0 Å². The van der Waals surface area contributed by atoms with Crippen molar-refractivity contribution in [2.75, 3.05) is 0 Å². The van der Waals surface area contributed by atoms with Gasteiger partial charge in [0.1, 0.15) is 5.82 Å². The predicted molar refractivity (Wildman–Crippen MR) is 105 cm³/mol. The molecule has 0 aromatic heterocycles. The van der Waals surface area contributed by atoms with Crippen molar-refractivity contribution in [2.24, 2.45) is 0 Å². The summed E-state index contributed by atoms with van der Waals surface area (Å²) in [6, 6.07) is 27.4. The molecule has 3 aromatic carbocycles. The van der Waals surface area contributed by atoms with E-state index in [0.717, 1.165) is 12.0 Å². The van der Waals surface area contributed by atoms with Gasteiger partial charge in [0.15, 0.2) is 0 Å². The van der Waals surface area contributed by atoms with Crippen LogP contribution in [0.5, 0.6) is 0 Å². The summed E-state index contributed by atoms with van der Waals surface area (Å²) in [5.74, 6) is 0.100. The zero-order chi connectivity index (χ0) is 17.3. The van der Waals surface area contributed by atoms with Gasteiger partial charge in [-0.2, -0.15) is 0 Å². The maximum absolute atomic E-state index is 13.0. The second kappa shape index (κ2) is 8.79. The molecule has 0 saturated heterocycles. The van der Waals surface area contributed by atoms with E-state index in [1.54, 1.807) is 12.1 Å². The van der Waals surface area contributed by atoms with E-state index in [-0.39, 0.29) is 5.82 Å². The average molecular weight is 328 g/mol. The molecule has 1 atom stereocenters. The molecule has 0 aliphatic rings. The summed E-state index contributed by atoms with van der Waals surface area (Å²) in [7, 11) is 0. The summed E-state index contributed by atoms with van der Waals surface area (Å²) in [4.78, 5) is 0. The van der Waals surface area contributed by atoms with E-state index in [4.69, 9.17) is 0 Å². The third kappa shape index (κ3) is 5.29. The topological polar surface area (TPSA) is 0 Å². The fraction of sp³-hybridized carbons (Fsp3) is 0.0833. The maximum atomic E-state index is 13.0. The molecule has 0 bridgehead atoms. The molecule has 0 aliphatic carbocycles. The maximum Gasteiger partial charge on any atom is 0.123 e. The molecule has 0 N–H and O–H groups in total. The summed E-state index contributed by atoms with van der Waals surface area (Å²) in [6.45, 7) is 0. The van der Waals surface area contributed by atoms with Crippen molar-refractivity contribution in [3.05, 3.63) is 120 Å². The fourth-order valence-corrected chi connectivity index (χ4v) is 2.74. The van der Waals surface area contributed by atoms with E-state index in [1.807, 2.05) is 30.3 Å². The zero-order valence-corrected chi connectivity index (χ0v) is 14.1. The van der Waals surface area contributed by atoms with Crippen molar-refractivity contribution >= 4 is 12.2 Å². The Morgan fingerprint density at radius 3 is 1.96 bits per heavy atom. The van der Waals surface area contributed by atoms with Crippen molar-refractivity contribution in [2.45, 2.75) is 12.3 Å². The monoisotopic (exact) mass is 328 g/mol. The quantitative estimate of drug-likeness (QED) is 0.471. The van der Waals surface area contributed by atoms with Crippen molar-refractivity contribution in [3.8, 4) is 0 Å². The number of benzene rings is 3. The van der Waals surface area contributed by atoms with Gasteiger partial charge in [0.05, 0.1) is 0 Å². The smallest absolute Gasteiger partial charge is 0.123 e. The van der Waals surface area contributed by atoms with Gasteiger partial charge in [0, 0.05) is 5.92 Å². The second-order valence-electron chi connectivity index (χ2n) is 5.98. The molecular weight excluding hydrogens is 307 g/mol. The SMILES string of the molecule is Fc1ccc(/C=C/CC(/C=C/c2ccccc2)c2ccccc2)cc1. The van der Waals surface area contributed by atoms with Crippen LogP contribution < -0.4 is 0 Å². The van der Waals surface area contributed by atoms with Crippen molar-refractivity contribution in [1.29, 1.82) is 0 Å². The highest BCUT2D eigenvalue weighted by molar-refractivity contribution is 5.52. The first-order valence-corrected chi connectivity index (χ1v) is 8.51. The van der Waals surface area contributed by atoms with Crippen LogP contribution >= 0.6 is 0 Å². The third-order valence-corrected chi connectivity index (χ3v) is 4.12. The molecule has 0 heterocycles. The van der Waals surface area contributed by atoms with Crippen LogP contribution in [-0.4, -0.2) is 0 Å². The van der Waals surface area contributed by atoms with Gasteiger partial charge in [-0.05, 0) is 35.2 Å². The highest BCUT2D eigenvalue weighted by atomic mass is 19.1. The molecule has 25 heavy (non-hydrogen) atoms. The molecule has 3 rings (SSSR count). The minimum Gasteiger partial charge on any atom is -0.207 e. The summed E-state index contributed by atoms with van der Waals surface area (Å²) in [6.07, 6.45) is 9.51. The third-order valence-electron chi connectivity index (χ3n) is 4.12. The largest absolute Gasteiger partial charge is 0.207 e. The Morgan fingerprint density at radius 1 is 0.680 bits per heavy atom.